The van der Waals surface area contributed by atoms with Gasteiger partial charge >= 0.3 is 0 Å². The number of aliphatic hydroxyl groups is 1. The minimum atomic E-state index is -0.526. The largest absolute Gasteiger partial charge is 0.396 e. The summed E-state index contributed by atoms with van der Waals surface area (Å²) in [6.45, 7) is 13.0. The third-order valence-corrected chi connectivity index (χ3v) is 3.54. The molecular formula is C16H33NO3. The quantitative estimate of drug-likeness (QED) is 0.649. The van der Waals surface area contributed by atoms with Crippen molar-refractivity contribution in [1.29, 1.82) is 0 Å². The van der Waals surface area contributed by atoms with Crippen molar-refractivity contribution in [1.82, 2.24) is 5.32 Å². The van der Waals surface area contributed by atoms with Crippen molar-refractivity contribution >= 4 is 5.91 Å². The first-order valence-corrected chi connectivity index (χ1v) is 7.72. The molecule has 0 spiro atoms. The van der Waals surface area contributed by atoms with Crippen LogP contribution < -0.4 is 5.32 Å². The topological polar surface area (TPSA) is 58.6 Å². The Labute approximate surface area is 124 Å². The molecule has 0 aromatic carbocycles. The van der Waals surface area contributed by atoms with Crippen LogP contribution in [0, 0.1) is 5.92 Å². The highest BCUT2D eigenvalue weighted by Gasteiger charge is 2.32. The fourth-order valence-electron chi connectivity index (χ4n) is 2.19. The lowest BCUT2D eigenvalue weighted by molar-refractivity contribution is -0.153. The average molecular weight is 287 g/mol. The molecule has 4 nitrogen and oxygen atoms in total. The molecule has 0 saturated carbocycles. The lowest BCUT2D eigenvalue weighted by atomic mass is 9.95. The molecule has 0 heterocycles. The molecule has 0 aliphatic carbocycles. The minimum absolute atomic E-state index is 0.0260. The fourth-order valence-corrected chi connectivity index (χ4v) is 2.19. The molecule has 0 rings (SSSR count). The van der Waals surface area contributed by atoms with Gasteiger partial charge in [-0.05, 0) is 46.0 Å². The second kappa shape index (κ2) is 8.63. The number of hydrogen-bond donors (Lipinski definition) is 2. The van der Waals surface area contributed by atoms with Crippen molar-refractivity contribution in [2.24, 2.45) is 5.92 Å². The van der Waals surface area contributed by atoms with Crippen molar-refractivity contribution in [3.05, 3.63) is 0 Å². The predicted molar refractivity (Wildman–Crippen MR) is 82.6 cm³/mol. The number of hydrogen-bond acceptors (Lipinski definition) is 3. The van der Waals surface area contributed by atoms with Gasteiger partial charge in [-0.25, -0.2) is 0 Å². The van der Waals surface area contributed by atoms with E-state index in [-0.39, 0.29) is 18.1 Å². The Morgan fingerprint density at radius 1 is 1.30 bits per heavy atom. The van der Waals surface area contributed by atoms with Gasteiger partial charge in [0.1, 0.15) is 0 Å². The first-order valence-electron chi connectivity index (χ1n) is 7.72. The van der Waals surface area contributed by atoms with Gasteiger partial charge < -0.3 is 15.2 Å². The van der Waals surface area contributed by atoms with Crippen molar-refractivity contribution in [3.63, 3.8) is 0 Å². The van der Waals surface area contributed by atoms with Crippen molar-refractivity contribution in [3.8, 4) is 0 Å². The summed E-state index contributed by atoms with van der Waals surface area (Å²) in [5, 5.41) is 12.1. The van der Waals surface area contributed by atoms with E-state index in [1.54, 1.807) is 0 Å². The first-order chi connectivity index (χ1) is 9.14. The molecule has 0 aromatic heterocycles. The number of aliphatic hydroxyl groups excluding tert-OH is 1. The normalized spacial score (nSPS) is 15.2. The van der Waals surface area contributed by atoms with Crippen LogP contribution in [0.3, 0.4) is 0 Å². The number of ether oxygens (including phenoxy) is 1. The smallest absolute Gasteiger partial charge is 0.222 e. The van der Waals surface area contributed by atoms with E-state index in [0.29, 0.717) is 25.3 Å². The van der Waals surface area contributed by atoms with Crippen LogP contribution in [0.2, 0.25) is 0 Å². The van der Waals surface area contributed by atoms with Crippen LogP contribution in [0.25, 0.3) is 0 Å². The first kappa shape index (κ1) is 19.4. The maximum absolute atomic E-state index is 11.9. The van der Waals surface area contributed by atoms with Gasteiger partial charge in [0.05, 0.1) is 17.6 Å². The predicted octanol–water partition coefficient (Wildman–Crippen LogP) is 2.89. The molecule has 0 saturated heterocycles. The number of amides is 1. The van der Waals surface area contributed by atoms with Gasteiger partial charge in [0.15, 0.2) is 0 Å². The van der Waals surface area contributed by atoms with Crippen LogP contribution >= 0.6 is 0 Å². The summed E-state index contributed by atoms with van der Waals surface area (Å²) >= 11 is 0. The van der Waals surface area contributed by atoms with Crippen LogP contribution in [0.15, 0.2) is 0 Å². The molecule has 2 N–H and O–H groups in total. The number of rotatable bonds is 10. The molecule has 4 heteroatoms. The van der Waals surface area contributed by atoms with E-state index >= 15 is 0 Å². The van der Waals surface area contributed by atoms with Crippen LogP contribution in [-0.2, 0) is 9.53 Å². The number of carbonyl (C=O) groups is 1. The molecule has 20 heavy (non-hydrogen) atoms. The lowest BCUT2D eigenvalue weighted by Crippen LogP contribution is -2.42. The molecule has 0 aromatic rings. The summed E-state index contributed by atoms with van der Waals surface area (Å²) in [7, 11) is 0. The van der Waals surface area contributed by atoms with Gasteiger partial charge in [-0.15, -0.1) is 0 Å². The summed E-state index contributed by atoms with van der Waals surface area (Å²) in [6.07, 6.45) is 2.73. The van der Waals surface area contributed by atoms with E-state index in [4.69, 9.17) is 9.84 Å². The molecule has 0 radical (unpaired) electrons. The van der Waals surface area contributed by atoms with Gasteiger partial charge in [0, 0.05) is 13.2 Å². The van der Waals surface area contributed by atoms with E-state index in [1.807, 2.05) is 27.7 Å². The number of nitrogens with one attached hydrogen (secondary N) is 1. The summed E-state index contributed by atoms with van der Waals surface area (Å²) in [4.78, 5) is 11.9. The second-order valence-electron chi connectivity index (χ2n) is 6.85. The SMILES string of the molecule is CCC(C)(CCO)OC(C)(C)CC(=O)NCCC(C)C. The van der Waals surface area contributed by atoms with Gasteiger partial charge in [-0.2, -0.15) is 0 Å². The van der Waals surface area contributed by atoms with E-state index in [2.05, 4.69) is 19.2 Å². The monoisotopic (exact) mass is 287 g/mol. The molecule has 1 amide bonds. The molecule has 0 bridgehead atoms. The fraction of sp³-hybridized carbons (Fsp3) is 0.938. The molecule has 0 fully saturated rings. The molecule has 1 unspecified atom stereocenters. The standard InChI is InChI=1S/C16H33NO3/c1-7-16(6,9-11-18)20-15(4,5)12-14(19)17-10-8-13(2)3/h13,18H,7-12H2,1-6H3,(H,17,19). The zero-order valence-electron chi connectivity index (χ0n) is 14.1. The van der Waals surface area contributed by atoms with Gasteiger partial charge in [0.25, 0.3) is 0 Å². The highest BCUT2D eigenvalue weighted by molar-refractivity contribution is 5.76. The van der Waals surface area contributed by atoms with Crippen LogP contribution in [-0.4, -0.2) is 35.4 Å². The van der Waals surface area contributed by atoms with Crippen LogP contribution in [0.1, 0.15) is 67.2 Å². The third kappa shape index (κ3) is 8.54. The van der Waals surface area contributed by atoms with E-state index in [1.165, 1.54) is 0 Å². The Bertz CT molecular complexity index is 289. The molecule has 120 valence electrons. The maximum Gasteiger partial charge on any atom is 0.222 e. The zero-order chi connectivity index (χ0) is 15.8. The van der Waals surface area contributed by atoms with Crippen LogP contribution in [0.5, 0.6) is 0 Å². The molecule has 0 aliphatic rings. The highest BCUT2D eigenvalue weighted by atomic mass is 16.5. The lowest BCUT2D eigenvalue weighted by Gasteiger charge is -2.37. The molecule has 0 aliphatic heterocycles. The van der Waals surface area contributed by atoms with Gasteiger partial charge in [0.2, 0.25) is 5.91 Å². The Kier molecular flexibility index (Phi) is 8.36. The van der Waals surface area contributed by atoms with Crippen molar-refractivity contribution in [2.45, 2.75) is 78.4 Å². The average Bonchev–Trinajstić information content (AvgIpc) is 2.26. The number of carbonyl (C=O) groups excluding carboxylic acids is 1. The Hall–Kier alpha value is -0.610. The summed E-state index contributed by atoms with van der Waals surface area (Å²) < 4.78 is 6.09. The summed E-state index contributed by atoms with van der Waals surface area (Å²) in [5.74, 6) is 0.616. The van der Waals surface area contributed by atoms with Crippen molar-refractivity contribution in [2.75, 3.05) is 13.2 Å². The Balaban J connectivity index is 4.32. The van der Waals surface area contributed by atoms with Crippen LogP contribution in [0.4, 0.5) is 0 Å². The summed E-state index contributed by atoms with van der Waals surface area (Å²) in [6, 6.07) is 0. The Morgan fingerprint density at radius 3 is 2.35 bits per heavy atom. The minimum Gasteiger partial charge on any atom is -0.396 e. The van der Waals surface area contributed by atoms with E-state index in [9.17, 15) is 4.79 Å². The second-order valence-corrected chi connectivity index (χ2v) is 6.85. The third-order valence-electron chi connectivity index (χ3n) is 3.54. The Morgan fingerprint density at radius 2 is 1.90 bits per heavy atom. The molecular weight excluding hydrogens is 254 g/mol. The van der Waals surface area contributed by atoms with Crippen molar-refractivity contribution < 1.29 is 14.6 Å². The van der Waals surface area contributed by atoms with Gasteiger partial charge in [-0.1, -0.05) is 20.8 Å². The highest BCUT2D eigenvalue weighted by Crippen LogP contribution is 2.28. The molecule has 1 atom stereocenters. The van der Waals surface area contributed by atoms with E-state index < -0.39 is 5.60 Å². The van der Waals surface area contributed by atoms with Gasteiger partial charge in [-0.3, -0.25) is 4.79 Å². The maximum atomic E-state index is 11.9. The zero-order valence-corrected chi connectivity index (χ0v) is 14.1. The summed E-state index contributed by atoms with van der Waals surface area (Å²) in [5.41, 5.74) is -0.904. The van der Waals surface area contributed by atoms with E-state index in [0.717, 1.165) is 12.8 Å².